The average molecular weight is 435 g/mol. The van der Waals surface area contributed by atoms with Crippen LogP contribution >= 0.6 is 11.8 Å². The number of hydrogen-bond donors (Lipinski definition) is 0. The summed E-state index contributed by atoms with van der Waals surface area (Å²) < 4.78 is 10.6. The van der Waals surface area contributed by atoms with Gasteiger partial charge in [-0.1, -0.05) is 61.2 Å². The number of aryl methyl sites for hydroxylation is 1. The lowest BCUT2D eigenvalue weighted by Gasteiger charge is -2.26. The van der Waals surface area contributed by atoms with Crippen molar-refractivity contribution in [2.24, 2.45) is 4.99 Å². The standard InChI is InChI=1S/C26H30N2O2S/c1-5-22-8-6-7-9-25(22)27-26(31-4)28(18-20-10-14-23(29-2)15-11-20)19-21-12-16-24(30-3)17-13-21/h6-17H,5,18-19H2,1-4H3. The molecule has 0 amide bonds. The molecule has 0 atom stereocenters. The maximum Gasteiger partial charge on any atom is 0.164 e. The molecule has 5 heteroatoms. The molecule has 3 aromatic carbocycles. The van der Waals surface area contributed by atoms with E-state index in [0.717, 1.165) is 41.9 Å². The highest BCUT2D eigenvalue weighted by Crippen LogP contribution is 2.25. The normalized spacial score (nSPS) is 11.3. The second-order valence-electron chi connectivity index (χ2n) is 7.13. The second-order valence-corrected chi connectivity index (χ2v) is 7.91. The number of ether oxygens (including phenoxy) is 2. The van der Waals surface area contributed by atoms with Crippen LogP contribution in [-0.4, -0.2) is 30.5 Å². The van der Waals surface area contributed by atoms with Gasteiger partial charge in [-0.25, -0.2) is 4.99 Å². The van der Waals surface area contributed by atoms with Crippen molar-refractivity contribution in [1.29, 1.82) is 0 Å². The van der Waals surface area contributed by atoms with Crippen LogP contribution in [0.5, 0.6) is 11.5 Å². The Kier molecular flexibility index (Phi) is 8.42. The van der Waals surface area contributed by atoms with Crippen LogP contribution < -0.4 is 9.47 Å². The first-order valence-electron chi connectivity index (χ1n) is 10.4. The van der Waals surface area contributed by atoms with Crippen molar-refractivity contribution in [2.75, 3.05) is 20.5 Å². The molecule has 0 aliphatic heterocycles. The molecule has 0 aliphatic carbocycles. The zero-order chi connectivity index (χ0) is 22.1. The molecule has 162 valence electrons. The second kappa shape index (κ2) is 11.5. The highest BCUT2D eigenvalue weighted by atomic mass is 32.2. The van der Waals surface area contributed by atoms with Gasteiger partial charge in [-0.3, -0.25) is 0 Å². The lowest BCUT2D eigenvalue weighted by Crippen LogP contribution is -2.27. The van der Waals surface area contributed by atoms with E-state index in [1.807, 2.05) is 30.3 Å². The molecule has 0 bridgehead atoms. The highest BCUT2D eigenvalue weighted by Gasteiger charge is 2.14. The van der Waals surface area contributed by atoms with Crippen LogP contribution in [0.4, 0.5) is 5.69 Å². The lowest BCUT2D eigenvalue weighted by atomic mass is 10.1. The summed E-state index contributed by atoms with van der Waals surface area (Å²) in [5.41, 5.74) is 4.70. The summed E-state index contributed by atoms with van der Waals surface area (Å²) in [5, 5.41) is 0.993. The Morgan fingerprint density at radius 2 is 1.32 bits per heavy atom. The fourth-order valence-corrected chi connectivity index (χ4v) is 3.94. The molecule has 0 spiro atoms. The summed E-state index contributed by atoms with van der Waals surface area (Å²) in [6, 6.07) is 24.8. The van der Waals surface area contributed by atoms with Gasteiger partial charge in [0, 0.05) is 13.1 Å². The molecular formula is C26H30N2O2S. The average Bonchev–Trinajstić information content (AvgIpc) is 2.83. The number of rotatable bonds is 8. The van der Waals surface area contributed by atoms with Crippen molar-refractivity contribution < 1.29 is 9.47 Å². The van der Waals surface area contributed by atoms with Crippen molar-refractivity contribution in [3.63, 3.8) is 0 Å². The lowest BCUT2D eigenvalue weighted by molar-refractivity contribution is 0.405. The van der Waals surface area contributed by atoms with Crippen LogP contribution in [0.15, 0.2) is 77.8 Å². The number of thioether (sulfide) groups is 1. The van der Waals surface area contributed by atoms with Crippen molar-refractivity contribution in [1.82, 2.24) is 4.90 Å². The van der Waals surface area contributed by atoms with E-state index in [2.05, 4.69) is 60.5 Å². The minimum absolute atomic E-state index is 0.754. The fourth-order valence-electron chi connectivity index (χ4n) is 3.36. The zero-order valence-electron chi connectivity index (χ0n) is 18.7. The topological polar surface area (TPSA) is 34.1 Å². The van der Waals surface area contributed by atoms with Crippen molar-refractivity contribution in [3.8, 4) is 11.5 Å². The number of para-hydroxylation sites is 1. The van der Waals surface area contributed by atoms with Crippen LogP contribution in [0.1, 0.15) is 23.6 Å². The summed E-state index contributed by atoms with van der Waals surface area (Å²) in [7, 11) is 3.38. The number of benzene rings is 3. The summed E-state index contributed by atoms with van der Waals surface area (Å²) in [6.07, 6.45) is 3.04. The van der Waals surface area contributed by atoms with E-state index in [0.29, 0.717) is 0 Å². The number of hydrogen-bond acceptors (Lipinski definition) is 4. The van der Waals surface area contributed by atoms with Crippen LogP contribution in [0.2, 0.25) is 0 Å². The van der Waals surface area contributed by atoms with E-state index in [-0.39, 0.29) is 0 Å². The van der Waals surface area contributed by atoms with Crippen LogP contribution in [0.3, 0.4) is 0 Å². The molecule has 0 fully saturated rings. The fraction of sp³-hybridized carbons (Fsp3) is 0.269. The van der Waals surface area contributed by atoms with Gasteiger partial charge in [0.15, 0.2) is 5.17 Å². The summed E-state index contributed by atoms with van der Waals surface area (Å²) >= 11 is 1.67. The third-order valence-electron chi connectivity index (χ3n) is 5.11. The van der Waals surface area contributed by atoms with E-state index in [1.165, 1.54) is 16.7 Å². The molecule has 31 heavy (non-hydrogen) atoms. The van der Waals surface area contributed by atoms with Gasteiger partial charge in [-0.2, -0.15) is 0 Å². The van der Waals surface area contributed by atoms with E-state index in [9.17, 15) is 0 Å². The predicted octanol–water partition coefficient (Wildman–Crippen LogP) is 6.32. The Balaban J connectivity index is 1.93. The molecule has 0 heterocycles. The molecular weight excluding hydrogens is 404 g/mol. The SMILES string of the molecule is CCc1ccccc1N=C(SC)N(Cc1ccc(OC)cc1)Cc1ccc(OC)cc1. The van der Waals surface area contributed by atoms with Gasteiger partial charge in [0.25, 0.3) is 0 Å². The highest BCUT2D eigenvalue weighted by molar-refractivity contribution is 8.13. The predicted molar refractivity (Wildman–Crippen MR) is 132 cm³/mol. The van der Waals surface area contributed by atoms with Crippen molar-refractivity contribution in [3.05, 3.63) is 89.5 Å². The Morgan fingerprint density at radius 3 is 1.77 bits per heavy atom. The van der Waals surface area contributed by atoms with E-state index < -0.39 is 0 Å². The van der Waals surface area contributed by atoms with E-state index in [4.69, 9.17) is 14.5 Å². The molecule has 0 aliphatic rings. The number of methoxy groups -OCH3 is 2. The maximum atomic E-state index is 5.31. The molecule has 0 radical (unpaired) electrons. The maximum absolute atomic E-state index is 5.31. The van der Waals surface area contributed by atoms with E-state index >= 15 is 0 Å². The molecule has 3 aromatic rings. The quantitative estimate of drug-likeness (QED) is 0.307. The Bertz CT molecular complexity index is 936. The van der Waals surface area contributed by atoms with Gasteiger partial charge in [-0.15, -0.1) is 0 Å². The Morgan fingerprint density at radius 1 is 0.806 bits per heavy atom. The minimum atomic E-state index is 0.754. The number of aliphatic imine (C=N–C) groups is 1. The van der Waals surface area contributed by atoms with Gasteiger partial charge >= 0.3 is 0 Å². The van der Waals surface area contributed by atoms with E-state index in [1.54, 1.807) is 26.0 Å². The van der Waals surface area contributed by atoms with Gasteiger partial charge in [0.05, 0.1) is 19.9 Å². The smallest absolute Gasteiger partial charge is 0.164 e. The van der Waals surface area contributed by atoms with Gasteiger partial charge in [0.1, 0.15) is 11.5 Å². The summed E-state index contributed by atoms with van der Waals surface area (Å²) in [5.74, 6) is 1.72. The van der Waals surface area contributed by atoms with Crippen LogP contribution in [-0.2, 0) is 19.5 Å². The molecule has 0 saturated carbocycles. The first-order valence-corrected chi connectivity index (χ1v) is 11.6. The monoisotopic (exact) mass is 434 g/mol. The third-order valence-corrected chi connectivity index (χ3v) is 5.82. The van der Waals surface area contributed by atoms with Crippen LogP contribution in [0.25, 0.3) is 0 Å². The molecule has 0 saturated heterocycles. The van der Waals surface area contributed by atoms with Gasteiger partial charge in [-0.05, 0) is 59.7 Å². The largest absolute Gasteiger partial charge is 0.497 e. The molecule has 0 N–H and O–H groups in total. The molecule has 0 unspecified atom stereocenters. The Labute approximate surface area is 189 Å². The van der Waals surface area contributed by atoms with Crippen molar-refractivity contribution in [2.45, 2.75) is 26.4 Å². The summed E-state index contributed by atoms with van der Waals surface area (Å²) in [6.45, 7) is 3.67. The molecule has 0 aromatic heterocycles. The summed E-state index contributed by atoms with van der Waals surface area (Å²) in [4.78, 5) is 7.38. The minimum Gasteiger partial charge on any atom is -0.497 e. The van der Waals surface area contributed by atoms with Gasteiger partial charge < -0.3 is 14.4 Å². The number of amidine groups is 1. The first kappa shape index (κ1) is 22.8. The van der Waals surface area contributed by atoms with Crippen LogP contribution in [0, 0.1) is 0 Å². The molecule has 4 nitrogen and oxygen atoms in total. The number of nitrogens with zero attached hydrogens (tertiary/aromatic N) is 2. The van der Waals surface area contributed by atoms with Crippen molar-refractivity contribution >= 4 is 22.6 Å². The first-order chi connectivity index (χ1) is 15.2. The Hall–Kier alpha value is -2.92. The molecule has 3 rings (SSSR count). The third kappa shape index (κ3) is 6.28. The zero-order valence-corrected chi connectivity index (χ0v) is 19.5. The van der Waals surface area contributed by atoms with Gasteiger partial charge in [0.2, 0.25) is 0 Å².